The third-order valence-electron chi connectivity index (χ3n) is 3.65. The van der Waals surface area contributed by atoms with E-state index < -0.39 is 5.41 Å². The van der Waals surface area contributed by atoms with Crippen LogP contribution >= 0.6 is 12.2 Å². The molecule has 0 aliphatic heterocycles. The van der Waals surface area contributed by atoms with E-state index >= 15 is 0 Å². The highest BCUT2D eigenvalue weighted by Crippen LogP contribution is 2.46. The molecule has 0 radical (unpaired) electrons. The maximum absolute atomic E-state index is 11.9. The first-order chi connectivity index (χ1) is 8.49. The van der Waals surface area contributed by atoms with E-state index in [-0.39, 0.29) is 5.91 Å². The van der Waals surface area contributed by atoms with E-state index in [1.165, 1.54) is 25.7 Å². The van der Waals surface area contributed by atoms with E-state index in [1.54, 1.807) is 0 Å². The molecule has 18 heavy (non-hydrogen) atoms. The van der Waals surface area contributed by atoms with E-state index in [4.69, 9.17) is 18.0 Å². The summed E-state index contributed by atoms with van der Waals surface area (Å²) in [6, 6.07) is 0. The molecule has 0 unspecified atom stereocenters. The van der Waals surface area contributed by atoms with Crippen LogP contribution in [0.4, 0.5) is 0 Å². The van der Waals surface area contributed by atoms with Gasteiger partial charge in [-0.2, -0.15) is 0 Å². The fourth-order valence-corrected chi connectivity index (χ4v) is 2.41. The Balaban J connectivity index is 2.02. The number of nitrogens with two attached hydrogens (primary N) is 1. The van der Waals surface area contributed by atoms with Crippen LogP contribution < -0.4 is 11.1 Å². The van der Waals surface area contributed by atoms with Crippen LogP contribution in [0.3, 0.4) is 0 Å². The summed E-state index contributed by atoms with van der Waals surface area (Å²) in [7, 11) is 0. The van der Waals surface area contributed by atoms with Gasteiger partial charge in [-0.1, -0.05) is 51.7 Å². The summed E-state index contributed by atoms with van der Waals surface area (Å²) in [5.74, 6) is 0.835. The van der Waals surface area contributed by atoms with Gasteiger partial charge in [0.1, 0.15) is 0 Å². The van der Waals surface area contributed by atoms with Crippen molar-refractivity contribution in [3.63, 3.8) is 0 Å². The van der Waals surface area contributed by atoms with Crippen LogP contribution in [0.5, 0.6) is 0 Å². The Bertz CT molecular complexity index is 298. The molecule has 0 spiro atoms. The van der Waals surface area contributed by atoms with Crippen LogP contribution in [0.2, 0.25) is 0 Å². The normalized spacial score (nSPS) is 16.6. The number of amides is 1. The summed E-state index contributed by atoms with van der Waals surface area (Å²) in [5.41, 5.74) is 5.11. The third-order valence-corrected chi connectivity index (χ3v) is 4.04. The lowest BCUT2D eigenvalue weighted by Gasteiger charge is -2.13. The SMILES string of the molecule is CC(C)CCCCCCNC(=O)C1(C(N)=S)CC1. The van der Waals surface area contributed by atoms with Gasteiger partial charge in [0.2, 0.25) is 5.91 Å². The Labute approximate surface area is 116 Å². The van der Waals surface area contributed by atoms with Crippen LogP contribution in [-0.4, -0.2) is 17.4 Å². The number of hydrogen-bond donors (Lipinski definition) is 2. The Morgan fingerprint density at radius 2 is 1.89 bits per heavy atom. The molecule has 4 heteroatoms. The fraction of sp³-hybridized carbons (Fsp3) is 0.857. The van der Waals surface area contributed by atoms with Gasteiger partial charge in [0, 0.05) is 6.54 Å². The number of hydrogen-bond acceptors (Lipinski definition) is 2. The molecule has 3 nitrogen and oxygen atoms in total. The van der Waals surface area contributed by atoms with Crippen molar-refractivity contribution < 1.29 is 4.79 Å². The number of carbonyl (C=O) groups excluding carboxylic acids is 1. The van der Waals surface area contributed by atoms with Crippen molar-refractivity contribution in [3.05, 3.63) is 0 Å². The first-order valence-corrected chi connectivity index (χ1v) is 7.48. The van der Waals surface area contributed by atoms with Crippen LogP contribution in [0, 0.1) is 11.3 Å². The van der Waals surface area contributed by atoms with E-state index in [0.29, 0.717) is 4.99 Å². The van der Waals surface area contributed by atoms with Gasteiger partial charge >= 0.3 is 0 Å². The highest BCUT2D eigenvalue weighted by atomic mass is 32.1. The lowest BCUT2D eigenvalue weighted by atomic mass is 10.0. The average molecular weight is 270 g/mol. The van der Waals surface area contributed by atoms with Gasteiger partial charge < -0.3 is 11.1 Å². The molecule has 0 heterocycles. The molecule has 0 aromatic carbocycles. The second-order valence-electron chi connectivity index (χ2n) is 5.80. The van der Waals surface area contributed by atoms with Crippen molar-refractivity contribution in [1.82, 2.24) is 5.32 Å². The predicted octanol–water partition coefficient (Wildman–Crippen LogP) is 2.78. The number of carbonyl (C=O) groups is 1. The van der Waals surface area contributed by atoms with Crippen molar-refractivity contribution >= 4 is 23.1 Å². The molecule has 1 rings (SSSR count). The van der Waals surface area contributed by atoms with Crippen molar-refractivity contribution in [3.8, 4) is 0 Å². The Kier molecular flexibility index (Phi) is 6.06. The number of thiocarbonyl (C=S) groups is 1. The van der Waals surface area contributed by atoms with Gasteiger partial charge in [-0.25, -0.2) is 0 Å². The second kappa shape index (κ2) is 7.07. The molecule has 0 aromatic rings. The van der Waals surface area contributed by atoms with Crippen molar-refractivity contribution in [2.75, 3.05) is 6.54 Å². The Hall–Kier alpha value is -0.640. The zero-order chi connectivity index (χ0) is 13.6. The van der Waals surface area contributed by atoms with E-state index in [9.17, 15) is 4.79 Å². The van der Waals surface area contributed by atoms with Crippen LogP contribution in [0.25, 0.3) is 0 Å². The quantitative estimate of drug-likeness (QED) is 0.500. The highest BCUT2D eigenvalue weighted by Gasteiger charge is 2.52. The molecule has 1 amide bonds. The number of nitrogens with one attached hydrogen (secondary N) is 1. The molecule has 104 valence electrons. The largest absolute Gasteiger partial charge is 0.392 e. The molecular formula is C14H26N2OS. The van der Waals surface area contributed by atoms with Crippen LogP contribution in [0.1, 0.15) is 58.8 Å². The minimum Gasteiger partial charge on any atom is -0.392 e. The standard InChI is InChI=1S/C14H26N2OS/c1-11(2)7-5-3-4-6-10-16-13(17)14(8-9-14)12(15)18/h11H,3-10H2,1-2H3,(H2,15,18)(H,16,17). The maximum atomic E-state index is 11.9. The zero-order valence-electron chi connectivity index (χ0n) is 11.6. The monoisotopic (exact) mass is 270 g/mol. The maximum Gasteiger partial charge on any atom is 0.233 e. The molecule has 0 atom stereocenters. The van der Waals surface area contributed by atoms with Gasteiger partial charge in [-0.15, -0.1) is 0 Å². The van der Waals surface area contributed by atoms with E-state index in [0.717, 1.165) is 31.7 Å². The lowest BCUT2D eigenvalue weighted by molar-refractivity contribution is -0.124. The summed E-state index contributed by atoms with van der Waals surface area (Å²) in [4.78, 5) is 12.2. The molecule has 1 aliphatic carbocycles. The lowest BCUT2D eigenvalue weighted by Crippen LogP contribution is -2.39. The highest BCUT2D eigenvalue weighted by molar-refractivity contribution is 7.80. The summed E-state index contributed by atoms with van der Waals surface area (Å²) in [6.45, 7) is 5.26. The van der Waals surface area contributed by atoms with Crippen molar-refractivity contribution in [2.45, 2.75) is 58.8 Å². The number of rotatable bonds is 9. The Morgan fingerprint density at radius 3 is 2.39 bits per heavy atom. The molecule has 0 saturated heterocycles. The average Bonchev–Trinajstić information content (AvgIpc) is 3.08. The molecular weight excluding hydrogens is 244 g/mol. The molecule has 0 aromatic heterocycles. The predicted molar refractivity (Wildman–Crippen MR) is 79.4 cm³/mol. The van der Waals surface area contributed by atoms with E-state index in [2.05, 4.69) is 19.2 Å². The molecule has 0 bridgehead atoms. The number of unbranched alkanes of at least 4 members (excludes halogenated alkanes) is 3. The van der Waals surface area contributed by atoms with Gasteiger partial charge in [-0.3, -0.25) is 4.79 Å². The zero-order valence-corrected chi connectivity index (χ0v) is 12.4. The molecule has 1 aliphatic rings. The summed E-state index contributed by atoms with van der Waals surface area (Å²) >= 11 is 4.95. The second-order valence-corrected chi connectivity index (χ2v) is 6.24. The minimum absolute atomic E-state index is 0.0391. The minimum atomic E-state index is -0.493. The topological polar surface area (TPSA) is 55.1 Å². The van der Waals surface area contributed by atoms with Gasteiger partial charge in [0.15, 0.2) is 0 Å². The van der Waals surface area contributed by atoms with Gasteiger partial charge in [0.05, 0.1) is 10.4 Å². The molecule has 1 saturated carbocycles. The first-order valence-electron chi connectivity index (χ1n) is 7.07. The molecule has 1 fully saturated rings. The first kappa shape index (κ1) is 15.4. The van der Waals surface area contributed by atoms with Crippen LogP contribution in [0.15, 0.2) is 0 Å². The fourth-order valence-electron chi connectivity index (χ4n) is 2.11. The van der Waals surface area contributed by atoms with Crippen molar-refractivity contribution in [2.24, 2.45) is 17.1 Å². The summed E-state index contributed by atoms with van der Waals surface area (Å²) < 4.78 is 0. The van der Waals surface area contributed by atoms with Gasteiger partial charge in [0.25, 0.3) is 0 Å². The van der Waals surface area contributed by atoms with Crippen molar-refractivity contribution in [1.29, 1.82) is 0 Å². The summed E-state index contributed by atoms with van der Waals surface area (Å²) in [5, 5.41) is 2.96. The smallest absolute Gasteiger partial charge is 0.233 e. The van der Waals surface area contributed by atoms with E-state index in [1.807, 2.05) is 0 Å². The molecule has 3 N–H and O–H groups in total. The Morgan fingerprint density at radius 1 is 1.28 bits per heavy atom. The van der Waals surface area contributed by atoms with Gasteiger partial charge in [-0.05, 0) is 25.2 Å². The third kappa shape index (κ3) is 4.56. The van der Waals surface area contributed by atoms with Crippen LogP contribution in [-0.2, 0) is 4.79 Å². The summed E-state index contributed by atoms with van der Waals surface area (Å²) in [6.07, 6.45) is 7.74.